The van der Waals surface area contributed by atoms with Gasteiger partial charge < -0.3 is 11.1 Å². The summed E-state index contributed by atoms with van der Waals surface area (Å²) >= 11 is 0. The Balaban J connectivity index is 0. The molecule has 0 unspecified atom stereocenters. The average Bonchev–Trinajstić information content (AvgIpc) is 2.21. The van der Waals surface area contributed by atoms with Gasteiger partial charge in [-0.2, -0.15) is 0 Å². The number of hydrogen-bond acceptors (Lipinski definition) is 2. The van der Waals surface area contributed by atoms with Gasteiger partial charge in [-0.1, -0.05) is 32.6 Å². The van der Waals surface area contributed by atoms with Gasteiger partial charge in [0.2, 0.25) is 0 Å². The molecule has 0 spiro atoms. The molecular weight excluding hydrogens is 160 g/mol. The van der Waals surface area contributed by atoms with Crippen LogP contribution in [0.3, 0.4) is 0 Å². The molecule has 0 aliphatic heterocycles. The lowest BCUT2D eigenvalue weighted by Crippen LogP contribution is -2.20. The van der Waals surface area contributed by atoms with Gasteiger partial charge in [-0.15, -0.1) is 0 Å². The highest BCUT2D eigenvalue weighted by Gasteiger charge is 1.84. The summed E-state index contributed by atoms with van der Waals surface area (Å²) in [6.45, 7) is 11.1. The highest BCUT2D eigenvalue weighted by atomic mass is 14.9. The third-order valence-electron chi connectivity index (χ3n) is 1.16. The zero-order valence-electron chi connectivity index (χ0n) is 9.01. The van der Waals surface area contributed by atoms with Crippen LogP contribution in [0.25, 0.3) is 0 Å². The van der Waals surface area contributed by atoms with Crippen LogP contribution in [0.4, 0.5) is 0 Å². The van der Waals surface area contributed by atoms with Crippen LogP contribution in [0.15, 0.2) is 36.6 Å². The number of allylic oxidation sites excluding steroid dienone is 4. The lowest BCUT2D eigenvalue weighted by Gasteiger charge is -2.02. The molecule has 0 saturated heterocycles. The van der Waals surface area contributed by atoms with E-state index >= 15 is 0 Å². The molecule has 76 valence electrons. The molecule has 0 aromatic rings. The quantitative estimate of drug-likeness (QED) is 0.640. The maximum absolute atomic E-state index is 5.32. The van der Waals surface area contributed by atoms with E-state index in [1.54, 1.807) is 6.08 Å². The predicted octanol–water partition coefficient (Wildman–Crippen LogP) is 2.21. The predicted molar refractivity (Wildman–Crippen MR) is 61.5 cm³/mol. The SMILES string of the molecule is C=C/C(=C\C=C/C)NCCN.CC. The maximum atomic E-state index is 5.32. The summed E-state index contributed by atoms with van der Waals surface area (Å²) < 4.78 is 0. The van der Waals surface area contributed by atoms with Gasteiger partial charge in [-0.3, -0.25) is 0 Å². The summed E-state index contributed by atoms with van der Waals surface area (Å²) in [5, 5.41) is 3.12. The van der Waals surface area contributed by atoms with Crippen LogP contribution in [-0.2, 0) is 0 Å². The first kappa shape index (κ1) is 14.5. The standard InChI is InChI=1S/C9H16N2.C2H6/c1-3-5-6-9(4-2)11-8-7-10;1-2/h3-6,11H,2,7-8,10H2,1H3;1-2H3/b5-3-,9-6+;. The highest BCUT2D eigenvalue weighted by molar-refractivity contribution is 5.19. The molecule has 0 aromatic carbocycles. The van der Waals surface area contributed by atoms with Gasteiger partial charge in [0.25, 0.3) is 0 Å². The number of nitrogens with one attached hydrogen (secondary N) is 1. The van der Waals surface area contributed by atoms with Crippen molar-refractivity contribution < 1.29 is 0 Å². The summed E-state index contributed by atoms with van der Waals surface area (Å²) in [5.74, 6) is 0. The van der Waals surface area contributed by atoms with Crippen LogP contribution in [0.5, 0.6) is 0 Å². The summed E-state index contributed by atoms with van der Waals surface area (Å²) in [6.07, 6.45) is 7.66. The van der Waals surface area contributed by atoms with E-state index < -0.39 is 0 Å². The van der Waals surface area contributed by atoms with Gasteiger partial charge >= 0.3 is 0 Å². The Morgan fingerprint density at radius 3 is 2.46 bits per heavy atom. The van der Waals surface area contributed by atoms with E-state index in [1.165, 1.54) is 0 Å². The topological polar surface area (TPSA) is 38.0 Å². The first-order valence-corrected chi connectivity index (χ1v) is 4.74. The molecule has 0 saturated carbocycles. The third-order valence-corrected chi connectivity index (χ3v) is 1.16. The average molecular weight is 182 g/mol. The van der Waals surface area contributed by atoms with Crippen molar-refractivity contribution in [1.29, 1.82) is 0 Å². The molecular formula is C11H22N2. The molecule has 13 heavy (non-hydrogen) atoms. The number of rotatable bonds is 5. The molecule has 0 atom stereocenters. The van der Waals surface area contributed by atoms with Crippen LogP contribution >= 0.6 is 0 Å². The van der Waals surface area contributed by atoms with Crippen molar-refractivity contribution in [3.05, 3.63) is 36.6 Å². The summed E-state index contributed by atoms with van der Waals surface area (Å²) in [6, 6.07) is 0. The second kappa shape index (κ2) is 13.6. The number of hydrogen-bond donors (Lipinski definition) is 2. The Labute approximate surface area is 82.2 Å². The van der Waals surface area contributed by atoms with E-state index in [2.05, 4.69) is 11.9 Å². The fraction of sp³-hybridized carbons (Fsp3) is 0.455. The van der Waals surface area contributed by atoms with Crippen molar-refractivity contribution >= 4 is 0 Å². The van der Waals surface area contributed by atoms with Crippen LogP contribution in [-0.4, -0.2) is 13.1 Å². The lowest BCUT2D eigenvalue weighted by atomic mass is 10.3. The van der Waals surface area contributed by atoms with E-state index in [1.807, 2.05) is 39.0 Å². The summed E-state index contributed by atoms with van der Waals surface area (Å²) in [7, 11) is 0. The molecule has 0 aliphatic carbocycles. The van der Waals surface area contributed by atoms with Crippen molar-refractivity contribution in [2.75, 3.05) is 13.1 Å². The Kier molecular flexibility index (Phi) is 15.1. The zero-order chi connectivity index (χ0) is 10.5. The number of nitrogens with two attached hydrogens (primary N) is 1. The molecule has 0 fully saturated rings. The lowest BCUT2D eigenvalue weighted by molar-refractivity contribution is 0.815. The van der Waals surface area contributed by atoms with E-state index in [-0.39, 0.29) is 0 Å². The van der Waals surface area contributed by atoms with Crippen LogP contribution in [0.1, 0.15) is 20.8 Å². The van der Waals surface area contributed by atoms with Crippen molar-refractivity contribution in [2.24, 2.45) is 5.73 Å². The smallest absolute Gasteiger partial charge is 0.0334 e. The van der Waals surface area contributed by atoms with Crippen molar-refractivity contribution in [3.8, 4) is 0 Å². The molecule has 0 amide bonds. The van der Waals surface area contributed by atoms with E-state index in [4.69, 9.17) is 5.73 Å². The van der Waals surface area contributed by atoms with Crippen LogP contribution in [0, 0.1) is 0 Å². The molecule has 3 N–H and O–H groups in total. The van der Waals surface area contributed by atoms with Crippen molar-refractivity contribution in [3.63, 3.8) is 0 Å². The maximum Gasteiger partial charge on any atom is 0.0334 e. The molecule has 0 radical (unpaired) electrons. The minimum Gasteiger partial charge on any atom is -0.384 e. The minimum absolute atomic E-state index is 0.640. The molecule has 2 nitrogen and oxygen atoms in total. The molecule has 0 bridgehead atoms. The molecule has 0 aliphatic rings. The molecule has 0 rings (SSSR count). The third kappa shape index (κ3) is 11.0. The van der Waals surface area contributed by atoms with Crippen molar-refractivity contribution in [2.45, 2.75) is 20.8 Å². The van der Waals surface area contributed by atoms with Gasteiger partial charge in [0.1, 0.15) is 0 Å². The van der Waals surface area contributed by atoms with Gasteiger partial charge in [0.05, 0.1) is 0 Å². The van der Waals surface area contributed by atoms with Crippen LogP contribution in [0.2, 0.25) is 0 Å². The second-order valence-electron chi connectivity index (χ2n) is 2.07. The fourth-order valence-electron chi connectivity index (χ4n) is 0.616. The molecule has 0 heterocycles. The first-order chi connectivity index (χ1) is 6.35. The summed E-state index contributed by atoms with van der Waals surface area (Å²) in [5.41, 5.74) is 6.33. The largest absolute Gasteiger partial charge is 0.384 e. The first-order valence-electron chi connectivity index (χ1n) is 4.74. The molecule has 2 heteroatoms. The van der Waals surface area contributed by atoms with Crippen LogP contribution < -0.4 is 11.1 Å². The van der Waals surface area contributed by atoms with E-state index in [9.17, 15) is 0 Å². The van der Waals surface area contributed by atoms with Gasteiger partial charge in [-0.05, 0) is 19.1 Å². The Morgan fingerprint density at radius 2 is 2.08 bits per heavy atom. The highest BCUT2D eigenvalue weighted by Crippen LogP contribution is 1.89. The van der Waals surface area contributed by atoms with Gasteiger partial charge in [0, 0.05) is 18.8 Å². The van der Waals surface area contributed by atoms with Crippen molar-refractivity contribution in [1.82, 2.24) is 5.32 Å². The van der Waals surface area contributed by atoms with E-state index in [0.29, 0.717) is 6.54 Å². The summed E-state index contributed by atoms with van der Waals surface area (Å²) in [4.78, 5) is 0. The fourth-order valence-corrected chi connectivity index (χ4v) is 0.616. The Hall–Kier alpha value is -1.02. The van der Waals surface area contributed by atoms with Gasteiger partial charge in [0.15, 0.2) is 0 Å². The molecule has 0 aromatic heterocycles. The Bertz CT molecular complexity index is 157. The second-order valence-corrected chi connectivity index (χ2v) is 2.07. The zero-order valence-corrected chi connectivity index (χ0v) is 9.01. The van der Waals surface area contributed by atoms with E-state index in [0.717, 1.165) is 12.2 Å². The minimum atomic E-state index is 0.640. The normalized spacial score (nSPS) is 10.6. The van der Waals surface area contributed by atoms with Gasteiger partial charge in [-0.25, -0.2) is 0 Å². The Morgan fingerprint density at radius 1 is 1.46 bits per heavy atom. The monoisotopic (exact) mass is 182 g/mol.